The van der Waals surface area contributed by atoms with Gasteiger partial charge in [-0.3, -0.25) is 4.79 Å². The molecule has 1 heterocycles. The van der Waals surface area contributed by atoms with E-state index in [0.717, 1.165) is 34.9 Å². The Kier molecular flexibility index (Phi) is 5.26. The molecule has 0 saturated carbocycles. The molecule has 11 heteroatoms. The highest BCUT2D eigenvalue weighted by Crippen LogP contribution is 2.30. The fourth-order valence-corrected chi connectivity index (χ4v) is 3.68. The fourth-order valence-electron chi connectivity index (χ4n) is 2.58. The van der Waals surface area contributed by atoms with Crippen molar-refractivity contribution in [2.45, 2.75) is 19.1 Å². The van der Waals surface area contributed by atoms with Crippen molar-refractivity contribution < 1.29 is 36.6 Å². The molecule has 29 heavy (non-hydrogen) atoms. The van der Waals surface area contributed by atoms with Crippen molar-refractivity contribution >= 4 is 33.4 Å². The number of amides is 1. The standard InChI is InChI=1S/C18H11F5N2O3S/c1-8(16(27)28)25-13-6-11(19)12(20)7-14(13)29-17(25)24-15(26)9-3-2-4-10(5-9)18(21,22)23/h2-8H,1H3,(H,27,28)/b24-17-. The number of rotatable bonds is 3. The molecular formula is C18H11F5N2O3S. The van der Waals surface area contributed by atoms with Gasteiger partial charge in [0.15, 0.2) is 16.4 Å². The zero-order valence-electron chi connectivity index (χ0n) is 14.5. The van der Waals surface area contributed by atoms with E-state index in [-0.39, 0.29) is 20.6 Å². The number of benzene rings is 2. The first-order valence-corrected chi connectivity index (χ1v) is 8.80. The van der Waals surface area contributed by atoms with Gasteiger partial charge in [0.25, 0.3) is 5.91 Å². The molecule has 3 aromatic rings. The lowest BCUT2D eigenvalue weighted by Crippen LogP contribution is -2.25. The minimum atomic E-state index is -4.67. The number of carbonyl (C=O) groups excluding carboxylic acids is 1. The van der Waals surface area contributed by atoms with Crippen LogP contribution < -0.4 is 4.80 Å². The summed E-state index contributed by atoms with van der Waals surface area (Å²) >= 11 is 0.708. The number of aromatic nitrogens is 1. The molecule has 0 bridgehead atoms. The first-order valence-electron chi connectivity index (χ1n) is 7.98. The summed E-state index contributed by atoms with van der Waals surface area (Å²) in [5.74, 6) is -4.79. The predicted octanol–water partition coefficient (Wildman–Crippen LogP) is 4.39. The number of fused-ring (bicyclic) bond motifs is 1. The maximum Gasteiger partial charge on any atom is 0.416 e. The molecule has 0 aliphatic heterocycles. The van der Waals surface area contributed by atoms with Crippen LogP contribution in [-0.2, 0) is 11.0 Å². The Bertz CT molecular complexity index is 1200. The Labute approximate surface area is 163 Å². The summed E-state index contributed by atoms with van der Waals surface area (Å²) in [6, 6.07) is 3.86. The highest BCUT2D eigenvalue weighted by molar-refractivity contribution is 7.16. The van der Waals surface area contributed by atoms with E-state index in [1.807, 2.05) is 0 Å². The third-order valence-corrected chi connectivity index (χ3v) is 5.06. The van der Waals surface area contributed by atoms with E-state index < -0.39 is 41.3 Å². The van der Waals surface area contributed by atoms with E-state index in [1.165, 1.54) is 6.92 Å². The van der Waals surface area contributed by atoms with Gasteiger partial charge in [0, 0.05) is 11.6 Å². The normalized spacial score (nSPS) is 13.7. The number of hydrogen-bond acceptors (Lipinski definition) is 3. The van der Waals surface area contributed by atoms with Crippen molar-refractivity contribution in [1.82, 2.24) is 4.57 Å². The van der Waals surface area contributed by atoms with Crippen LogP contribution in [0.1, 0.15) is 28.9 Å². The number of carboxylic acids is 1. The monoisotopic (exact) mass is 430 g/mol. The van der Waals surface area contributed by atoms with Gasteiger partial charge in [0.05, 0.1) is 15.8 Å². The van der Waals surface area contributed by atoms with Crippen LogP contribution in [0.4, 0.5) is 22.0 Å². The van der Waals surface area contributed by atoms with Crippen LogP contribution in [0, 0.1) is 11.6 Å². The largest absolute Gasteiger partial charge is 0.480 e. The summed E-state index contributed by atoms with van der Waals surface area (Å²) in [6.45, 7) is 1.24. The SMILES string of the molecule is CC(C(=O)O)n1/c(=N/C(=O)c2cccc(C(F)(F)F)c2)sc2cc(F)c(F)cc21. The second-order valence-corrected chi connectivity index (χ2v) is 7.01. The Morgan fingerprint density at radius 2 is 1.79 bits per heavy atom. The smallest absolute Gasteiger partial charge is 0.416 e. The summed E-state index contributed by atoms with van der Waals surface area (Å²) in [6.07, 6.45) is -4.67. The molecule has 1 atom stereocenters. The molecule has 5 nitrogen and oxygen atoms in total. The number of aliphatic carboxylic acids is 1. The summed E-state index contributed by atoms with van der Waals surface area (Å²) in [7, 11) is 0. The zero-order valence-corrected chi connectivity index (χ0v) is 15.3. The second-order valence-electron chi connectivity index (χ2n) is 6.00. The van der Waals surface area contributed by atoms with E-state index in [9.17, 15) is 36.6 Å². The molecular weight excluding hydrogens is 419 g/mol. The number of halogens is 5. The zero-order chi connectivity index (χ0) is 21.5. The van der Waals surface area contributed by atoms with Crippen LogP contribution in [0.15, 0.2) is 41.4 Å². The Balaban J connectivity index is 2.21. The lowest BCUT2D eigenvalue weighted by Gasteiger charge is -2.10. The topological polar surface area (TPSA) is 71.7 Å². The van der Waals surface area contributed by atoms with E-state index in [1.54, 1.807) is 0 Å². The molecule has 3 rings (SSSR count). The van der Waals surface area contributed by atoms with Crippen molar-refractivity contribution in [3.8, 4) is 0 Å². The third-order valence-electron chi connectivity index (χ3n) is 4.05. The van der Waals surface area contributed by atoms with Crippen molar-refractivity contribution in [2.24, 2.45) is 4.99 Å². The van der Waals surface area contributed by atoms with Gasteiger partial charge < -0.3 is 9.67 Å². The van der Waals surface area contributed by atoms with Crippen LogP contribution in [0.25, 0.3) is 10.2 Å². The van der Waals surface area contributed by atoms with Crippen LogP contribution in [0.3, 0.4) is 0 Å². The molecule has 1 amide bonds. The molecule has 0 radical (unpaired) electrons. The number of hydrogen-bond donors (Lipinski definition) is 1. The minimum Gasteiger partial charge on any atom is -0.480 e. The van der Waals surface area contributed by atoms with Gasteiger partial charge in [-0.25, -0.2) is 13.6 Å². The van der Waals surface area contributed by atoms with Crippen molar-refractivity contribution in [3.05, 3.63) is 64.0 Å². The summed E-state index contributed by atoms with van der Waals surface area (Å²) < 4.78 is 66.9. The van der Waals surface area contributed by atoms with Gasteiger partial charge in [-0.15, -0.1) is 0 Å². The van der Waals surface area contributed by atoms with Gasteiger partial charge in [0.2, 0.25) is 0 Å². The van der Waals surface area contributed by atoms with Gasteiger partial charge in [-0.1, -0.05) is 17.4 Å². The molecule has 1 aromatic heterocycles. The predicted molar refractivity (Wildman–Crippen MR) is 93.4 cm³/mol. The number of nitrogens with zero attached hydrogens (tertiary/aromatic N) is 2. The molecule has 0 aliphatic rings. The molecule has 152 valence electrons. The molecule has 1 unspecified atom stereocenters. The number of alkyl halides is 3. The van der Waals surface area contributed by atoms with Crippen LogP contribution in [0.5, 0.6) is 0 Å². The number of thiazole rings is 1. The lowest BCUT2D eigenvalue weighted by atomic mass is 10.1. The summed E-state index contributed by atoms with van der Waals surface area (Å²) in [5.41, 5.74) is -1.44. The molecule has 0 saturated heterocycles. The van der Waals surface area contributed by atoms with E-state index in [4.69, 9.17) is 0 Å². The van der Waals surface area contributed by atoms with E-state index in [2.05, 4.69) is 4.99 Å². The average Bonchev–Trinajstić information content (AvgIpc) is 2.97. The first kappa shape index (κ1) is 20.6. The van der Waals surface area contributed by atoms with Gasteiger partial charge in [0.1, 0.15) is 6.04 Å². The minimum absolute atomic E-state index is 0.0145. The highest BCUT2D eigenvalue weighted by Gasteiger charge is 2.31. The highest BCUT2D eigenvalue weighted by atomic mass is 32.1. The van der Waals surface area contributed by atoms with Crippen molar-refractivity contribution in [2.75, 3.05) is 0 Å². The quantitative estimate of drug-likeness (QED) is 0.627. The Hall–Kier alpha value is -3.08. The van der Waals surface area contributed by atoms with Crippen LogP contribution in [-0.4, -0.2) is 21.6 Å². The maximum atomic E-state index is 13.7. The molecule has 0 fully saturated rings. The van der Waals surface area contributed by atoms with E-state index in [0.29, 0.717) is 17.4 Å². The number of carbonyl (C=O) groups is 2. The van der Waals surface area contributed by atoms with Crippen LogP contribution >= 0.6 is 11.3 Å². The molecule has 0 aliphatic carbocycles. The van der Waals surface area contributed by atoms with Gasteiger partial charge >= 0.3 is 12.1 Å². The Morgan fingerprint density at radius 3 is 2.41 bits per heavy atom. The average molecular weight is 430 g/mol. The van der Waals surface area contributed by atoms with Gasteiger partial charge in [-0.2, -0.15) is 18.2 Å². The molecule has 2 aromatic carbocycles. The second kappa shape index (κ2) is 7.39. The Morgan fingerprint density at radius 1 is 1.14 bits per heavy atom. The molecule has 0 spiro atoms. The fraction of sp³-hybridized carbons (Fsp3) is 0.167. The third kappa shape index (κ3) is 4.04. The van der Waals surface area contributed by atoms with Crippen LogP contribution in [0.2, 0.25) is 0 Å². The maximum absolute atomic E-state index is 13.7. The van der Waals surface area contributed by atoms with Gasteiger partial charge in [-0.05, 0) is 31.2 Å². The first-order chi connectivity index (χ1) is 13.5. The lowest BCUT2D eigenvalue weighted by molar-refractivity contribution is -0.140. The summed E-state index contributed by atoms with van der Waals surface area (Å²) in [4.78, 5) is 27.3. The molecule has 1 N–H and O–H groups in total. The van der Waals surface area contributed by atoms with Crippen molar-refractivity contribution in [3.63, 3.8) is 0 Å². The number of carboxylic acid groups (broad SMARTS) is 1. The van der Waals surface area contributed by atoms with E-state index >= 15 is 0 Å². The van der Waals surface area contributed by atoms with Crippen molar-refractivity contribution in [1.29, 1.82) is 0 Å². The summed E-state index contributed by atoms with van der Waals surface area (Å²) in [5, 5.41) is 9.30.